The summed E-state index contributed by atoms with van der Waals surface area (Å²) >= 11 is 0. The second kappa shape index (κ2) is 10.9. The molecule has 0 aromatic carbocycles. The molecule has 0 aromatic heterocycles. The first-order valence-electron chi connectivity index (χ1n) is 8.28. The lowest BCUT2D eigenvalue weighted by molar-refractivity contribution is -0.150. The summed E-state index contributed by atoms with van der Waals surface area (Å²) in [5.41, 5.74) is 0.196. The second-order valence-corrected chi connectivity index (χ2v) is 6.68. The summed E-state index contributed by atoms with van der Waals surface area (Å²) in [4.78, 5) is 11.7. The summed E-state index contributed by atoms with van der Waals surface area (Å²) in [5, 5.41) is 0. The van der Waals surface area contributed by atoms with E-state index < -0.39 is 5.60 Å². The van der Waals surface area contributed by atoms with Crippen LogP contribution in [0.2, 0.25) is 0 Å². The molecule has 0 amide bonds. The Morgan fingerprint density at radius 3 is 1.80 bits per heavy atom. The Balaban J connectivity index is 3.46. The van der Waals surface area contributed by atoms with Gasteiger partial charge in [-0.1, -0.05) is 64.9 Å². The molecule has 0 aliphatic heterocycles. The molecule has 2 heteroatoms. The molecule has 0 aliphatic carbocycles. The molecule has 0 radical (unpaired) electrons. The molecule has 0 N–H and O–H groups in total. The van der Waals surface area contributed by atoms with Crippen LogP contribution in [0.3, 0.4) is 0 Å². The van der Waals surface area contributed by atoms with E-state index in [-0.39, 0.29) is 5.97 Å². The molecule has 0 bridgehead atoms. The van der Waals surface area contributed by atoms with Gasteiger partial charge < -0.3 is 4.74 Å². The van der Waals surface area contributed by atoms with E-state index in [0.717, 1.165) is 12.8 Å². The first-order chi connectivity index (χ1) is 9.37. The van der Waals surface area contributed by atoms with Gasteiger partial charge in [-0.3, -0.25) is 0 Å². The molecule has 0 heterocycles. The number of hydrogen-bond acceptors (Lipinski definition) is 2. The van der Waals surface area contributed by atoms with Crippen LogP contribution >= 0.6 is 0 Å². The van der Waals surface area contributed by atoms with E-state index in [1.807, 2.05) is 20.8 Å². The molecule has 2 nitrogen and oxygen atoms in total. The van der Waals surface area contributed by atoms with Gasteiger partial charge in [0, 0.05) is 5.57 Å². The predicted octanol–water partition coefficient (Wildman–Crippen LogP) is 5.81. The average molecular weight is 282 g/mol. The number of hydrogen-bond donors (Lipinski definition) is 0. The van der Waals surface area contributed by atoms with E-state index in [1.54, 1.807) is 0 Å². The Morgan fingerprint density at radius 1 is 0.900 bits per heavy atom. The molecule has 0 fully saturated rings. The van der Waals surface area contributed by atoms with E-state index in [9.17, 15) is 4.79 Å². The van der Waals surface area contributed by atoms with Crippen LogP contribution in [0.4, 0.5) is 0 Å². The second-order valence-electron chi connectivity index (χ2n) is 6.68. The van der Waals surface area contributed by atoms with Gasteiger partial charge in [0.1, 0.15) is 5.60 Å². The maximum absolute atomic E-state index is 11.7. The molecular formula is C18H34O2. The first-order valence-corrected chi connectivity index (χ1v) is 8.28. The lowest BCUT2D eigenvalue weighted by Crippen LogP contribution is -2.24. The number of carbonyl (C=O) groups excluding carboxylic acids is 1. The highest BCUT2D eigenvalue weighted by Crippen LogP contribution is 2.16. The van der Waals surface area contributed by atoms with E-state index >= 15 is 0 Å². The van der Waals surface area contributed by atoms with Crippen molar-refractivity contribution in [2.45, 2.75) is 97.5 Å². The fourth-order valence-corrected chi connectivity index (χ4v) is 2.10. The first kappa shape index (κ1) is 19.2. The lowest BCUT2D eigenvalue weighted by Gasteiger charge is -2.20. The molecule has 0 saturated heterocycles. The maximum atomic E-state index is 11.7. The third-order valence-corrected chi connectivity index (χ3v) is 3.27. The zero-order valence-electron chi connectivity index (χ0n) is 14.1. The Morgan fingerprint density at radius 2 is 1.35 bits per heavy atom. The molecule has 20 heavy (non-hydrogen) atoms. The van der Waals surface area contributed by atoms with Crippen molar-refractivity contribution in [1.82, 2.24) is 0 Å². The minimum Gasteiger partial charge on any atom is -0.457 e. The predicted molar refractivity (Wildman–Crippen MR) is 86.8 cm³/mol. The smallest absolute Gasteiger partial charge is 0.333 e. The van der Waals surface area contributed by atoms with Crippen molar-refractivity contribution in [2.24, 2.45) is 0 Å². The highest BCUT2D eigenvalue weighted by atomic mass is 16.6. The van der Waals surface area contributed by atoms with E-state index in [1.165, 1.54) is 51.4 Å². The zero-order valence-corrected chi connectivity index (χ0v) is 14.1. The van der Waals surface area contributed by atoms with Gasteiger partial charge in [-0.05, 0) is 33.6 Å². The van der Waals surface area contributed by atoms with Crippen molar-refractivity contribution in [3.8, 4) is 0 Å². The lowest BCUT2D eigenvalue weighted by atomic mass is 10.0. The van der Waals surface area contributed by atoms with Crippen LogP contribution in [-0.4, -0.2) is 11.6 Å². The summed E-state index contributed by atoms with van der Waals surface area (Å²) in [7, 11) is 0. The van der Waals surface area contributed by atoms with Crippen molar-refractivity contribution in [3.05, 3.63) is 12.2 Å². The van der Waals surface area contributed by atoms with Gasteiger partial charge >= 0.3 is 5.97 Å². The SMILES string of the molecule is C=C(CCCCCCCCCCC)C(=O)OC(C)(C)C. The number of unbranched alkanes of at least 4 members (excludes halogenated alkanes) is 8. The van der Waals surface area contributed by atoms with E-state index in [2.05, 4.69) is 13.5 Å². The monoisotopic (exact) mass is 282 g/mol. The molecule has 0 aromatic rings. The van der Waals surface area contributed by atoms with Gasteiger partial charge in [-0.2, -0.15) is 0 Å². The Bertz CT molecular complexity index is 274. The third-order valence-electron chi connectivity index (χ3n) is 3.27. The number of rotatable bonds is 11. The summed E-state index contributed by atoms with van der Waals surface area (Å²) in [6.45, 7) is 11.7. The highest BCUT2D eigenvalue weighted by Gasteiger charge is 2.18. The standard InChI is InChI=1S/C18H34O2/c1-6-7-8-9-10-11-12-13-14-15-16(2)17(19)20-18(3,4)5/h2,6-15H2,1,3-5H3. The van der Waals surface area contributed by atoms with Crippen molar-refractivity contribution in [3.63, 3.8) is 0 Å². The fourth-order valence-electron chi connectivity index (χ4n) is 2.10. The molecule has 0 aliphatic rings. The van der Waals surface area contributed by atoms with Gasteiger partial charge in [-0.25, -0.2) is 4.79 Å². The van der Waals surface area contributed by atoms with Crippen molar-refractivity contribution in [2.75, 3.05) is 0 Å². The topological polar surface area (TPSA) is 26.3 Å². The van der Waals surface area contributed by atoms with Crippen molar-refractivity contribution in [1.29, 1.82) is 0 Å². The minimum absolute atomic E-state index is 0.239. The van der Waals surface area contributed by atoms with Crippen LogP contribution < -0.4 is 0 Å². The summed E-state index contributed by atoms with van der Waals surface area (Å²) in [6, 6.07) is 0. The Labute approximate surface area is 126 Å². The average Bonchev–Trinajstić information content (AvgIpc) is 2.34. The zero-order chi connectivity index (χ0) is 15.4. The van der Waals surface area contributed by atoms with Gasteiger partial charge in [0.2, 0.25) is 0 Å². The molecule has 0 spiro atoms. The molecule has 0 atom stereocenters. The summed E-state index contributed by atoms with van der Waals surface area (Å²) in [6.07, 6.45) is 12.4. The van der Waals surface area contributed by atoms with Crippen LogP contribution in [0.1, 0.15) is 91.9 Å². The van der Waals surface area contributed by atoms with Crippen LogP contribution in [0.25, 0.3) is 0 Å². The number of carbonyl (C=O) groups is 1. The van der Waals surface area contributed by atoms with Crippen LogP contribution in [0.15, 0.2) is 12.2 Å². The van der Waals surface area contributed by atoms with Gasteiger partial charge in [0.05, 0.1) is 0 Å². The van der Waals surface area contributed by atoms with Crippen molar-refractivity contribution >= 4 is 5.97 Å². The Kier molecular flexibility index (Phi) is 10.5. The summed E-state index contributed by atoms with van der Waals surface area (Å²) in [5.74, 6) is -0.239. The maximum Gasteiger partial charge on any atom is 0.333 e. The highest BCUT2D eigenvalue weighted by molar-refractivity contribution is 5.87. The fraction of sp³-hybridized carbons (Fsp3) is 0.833. The Hall–Kier alpha value is -0.790. The third kappa shape index (κ3) is 12.3. The van der Waals surface area contributed by atoms with E-state index in [0.29, 0.717) is 5.57 Å². The largest absolute Gasteiger partial charge is 0.457 e. The van der Waals surface area contributed by atoms with Crippen LogP contribution in [0, 0.1) is 0 Å². The summed E-state index contributed by atoms with van der Waals surface area (Å²) < 4.78 is 5.29. The number of ether oxygens (including phenoxy) is 1. The van der Waals surface area contributed by atoms with Gasteiger partial charge in [-0.15, -0.1) is 0 Å². The van der Waals surface area contributed by atoms with Crippen molar-refractivity contribution < 1.29 is 9.53 Å². The molecular weight excluding hydrogens is 248 g/mol. The quantitative estimate of drug-likeness (QED) is 0.272. The number of esters is 1. The minimum atomic E-state index is -0.418. The van der Waals surface area contributed by atoms with E-state index in [4.69, 9.17) is 4.74 Å². The van der Waals surface area contributed by atoms with Gasteiger partial charge in [0.15, 0.2) is 0 Å². The molecule has 0 rings (SSSR count). The normalized spacial score (nSPS) is 11.4. The van der Waals surface area contributed by atoms with Gasteiger partial charge in [0.25, 0.3) is 0 Å². The van der Waals surface area contributed by atoms with Crippen LogP contribution in [0.5, 0.6) is 0 Å². The molecule has 118 valence electrons. The molecule has 0 unspecified atom stereocenters. The van der Waals surface area contributed by atoms with Crippen LogP contribution in [-0.2, 0) is 9.53 Å². The molecule has 0 saturated carbocycles.